The van der Waals surface area contributed by atoms with Crippen LogP contribution in [0.3, 0.4) is 0 Å². The van der Waals surface area contributed by atoms with Crippen molar-refractivity contribution < 1.29 is 18.3 Å². The van der Waals surface area contributed by atoms with Gasteiger partial charge in [0, 0.05) is 5.56 Å². The number of aliphatic hydroxyl groups is 1. The van der Waals surface area contributed by atoms with Crippen LogP contribution in [-0.2, 0) is 5.54 Å². The van der Waals surface area contributed by atoms with Crippen molar-refractivity contribution in [2.45, 2.75) is 12.5 Å². The van der Waals surface area contributed by atoms with Crippen LogP contribution in [0.25, 0.3) is 0 Å². The fraction of sp³-hybridized carbons (Fsp3) is 0.333. The zero-order valence-corrected chi connectivity index (χ0v) is 7.52. The Balaban J connectivity index is 3.40. The minimum atomic E-state index is -1.63. The van der Waals surface area contributed by atoms with Crippen molar-refractivity contribution in [3.05, 3.63) is 35.1 Å². The minimum absolute atomic E-state index is 0.639. The summed E-state index contributed by atoms with van der Waals surface area (Å²) in [5.74, 6) is -3.52. The summed E-state index contributed by atoms with van der Waals surface area (Å²) in [5.41, 5.74) is 3.14. The highest BCUT2D eigenvalue weighted by atomic mass is 19.2. The normalized spacial score (nSPS) is 15.3. The molecule has 78 valence electrons. The molecule has 0 aliphatic rings. The summed E-state index contributed by atoms with van der Waals surface area (Å²) < 4.78 is 39.0. The smallest absolute Gasteiger partial charge is 0.166 e. The van der Waals surface area contributed by atoms with E-state index in [2.05, 4.69) is 0 Å². The van der Waals surface area contributed by atoms with Gasteiger partial charge in [0.15, 0.2) is 11.6 Å². The maximum atomic E-state index is 13.1. The molecule has 0 aliphatic heterocycles. The van der Waals surface area contributed by atoms with Gasteiger partial charge in [0.1, 0.15) is 5.82 Å². The Hall–Kier alpha value is -1.07. The van der Waals surface area contributed by atoms with Gasteiger partial charge in [-0.15, -0.1) is 0 Å². The topological polar surface area (TPSA) is 46.2 Å². The van der Waals surface area contributed by atoms with Gasteiger partial charge in [-0.3, -0.25) is 0 Å². The van der Waals surface area contributed by atoms with Crippen LogP contribution in [0.4, 0.5) is 13.2 Å². The van der Waals surface area contributed by atoms with Gasteiger partial charge in [-0.2, -0.15) is 0 Å². The van der Waals surface area contributed by atoms with Crippen LogP contribution in [0.1, 0.15) is 12.5 Å². The van der Waals surface area contributed by atoms with E-state index in [9.17, 15) is 13.2 Å². The van der Waals surface area contributed by atoms with Crippen molar-refractivity contribution in [3.63, 3.8) is 0 Å². The third kappa shape index (κ3) is 1.73. The SMILES string of the molecule is C[C@@](N)(CO)c1c(F)ccc(F)c1F. The highest BCUT2D eigenvalue weighted by Gasteiger charge is 2.29. The Morgan fingerprint density at radius 3 is 2.29 bits per heavy atom. The summed E-state index contributed by atoms with van der Waals surface area (Å²) in [6.45, 7) is 0.540. The van der Waals surface area contributed by atoms with E-state index < -0.39 is 35.2 Å². The zero-order chi connectivity index (χ0) is 10.9. The number of benzene rings is 1. The molecule has 2 nitrogen and oxygen atoms in total. The van der Waals surface area contributed by atoms with Gasteiger partial charge >= 0.3 is 0 Å². The van der Waals surface area contributed by atoms with E-state index in [1.807, 2.05) is 0 Å². The molecular weight excluding hydrogens is 195 g/mol. The van der Waals surface area contributed by atoms with Crippen molar-refractivity contribution in [1.29, 1.82) is 0 Å². The number of halogens is 3. The third-order valence-corrected chi connectivity index (χ3v) is 1.94. The van der Waals surface area contributed by atoms with E-state index in [1.165, 1.54) is 6.92 Å². The van der Waals surface area contributed by atoms with Crippen LogP contribution in [0.15, 0.2) is 12.1 Å². The molecule has 14 heavy (non-hydrogen) atoms. The number of aliphatic hydroxyl groups excluding tert-OH is 1. The molecule has 0 heterocycles. The maximum Gasteiger partial charge on any atom is 0.166 e. The lowest BCUT2D eigenvalue weighted by Crippen LogP contribution is -2.39. The Bertz CT molecular complexity index is 352. The molecule has 0 aliphatic carbocycles. The summed E-state index contributed by atoms with van der Waals surface area (Å²) in [6, 6.07) is 1.44. The molecule has 1 atom stereocenters. The van der Waals surface area contributed by atoms with E-state index in [1.54, 1.807) is 0 Å². The van der Waals surface area contributed by atoms with E-state index in [4.69, 9.17) is 10.8 Å². The Morgan fingerprint density at radius 1 is 1.29 bits per heavy atom. The second kappa shape index (κ2) is 3.59. The number of rotatable bonds is 2. The number of hydrogen-bond donors (Lipinski definition) is 2. The summed E-state index contributed by atoms with van der Waals surface area (Å²) in [6.07, 6.45) is 0. The van der Waals surface area contributed by atoms with Crippen LogP contribution < -0.4 is 5.73 Å². The van der Waals surface area contributed by atoms with E-state index in [0.29, 0.717) is 6.07 Å². The van der Waals surface area contributed by atoms with Crippen molar-refractivity contribution in [2.24, 2.45) is 5.73 Å². The molecular formula is C9H10F3NO. The standard InChI is InChI=1S/C9H10F3NO/c1-9(13,4-14)7-5(10)2-3-6(11)8(7)12/h2-3,14H,4,13H2,1H3/t9-/m1/s1. The molecule has 3 N–H and O–H groups in total. The predicted octanol–water partition coefficient (Wildman–Crippen LogP) is 1.27. The number of nitrogens with two attached hydrogens (primary N) is 1. The second-order valence-electron chi connectivity index (χ2n) is 3.29. The minimum Gasteiger partial charge on any atom is -0.394 e. The average molecular weight is 205 g/mol. The van der Waals surface area contributed by atoms with E-state index in [0.717, 1.165) is 6.07 Å². The Morgan fingerprint density at radius 2 is 1.79 bits per heavy atom. The fourth-order valence-corrected chi connectivity index (χ4v) is 1.13. The van der Waals surface area contributed by atoms with Crippen molar-refractivity contribution >= 4 is 0 Å². The lowest BCUT2D eigenvalue weighted by atomic mass is 9.93. The van der Waals surface area contributed by atoms with Crippen molar-refractivity contribution in [1.82, 2.24) is 0 Å². The molecule has 0 amide bonds. The quantitative estimate of drug-likeness (QED) is 0.714. The summed E-state index contributed by atoms with van der Waals surface area (Å²) in [4.78, 5) is 0. The summed E-state index contributed by atoms with van der Waals surface area (Å²) in [7, 11) is 0. The first-order valence-corrected chi connectivity index (χ1v) is 3.94. The molecule has 0 aromatic heterocycles. The van der Waals surface area contributed by atoms with Crippen molar-refractivity contribution in [3.8, 4) is 0 Å². The van der Waals surface area contributed by atoms with Crippen molar-refractivity contribution in [2.75, 3.05) is 6.61 Å². The first-order chi connectivity index (χ1) is 6.40. The van der Waals surface area contributed by atoms with Gasteiger partial charge < -0.3 is 10.8 Å². The first kappa shape index (κ1) is 11.0. The van der Waals surface area contributed by atoms with Gasteiger partial charge in [-0.25, -0.2) is 13.2 Å². The molecule has 0 saturated carbocycles. The fourth-order valence-electron chi connectivity index (χ4n) is 1.13. The molecule has 0 spiro atoms. The van der Waals surface area contributed by atoms with Gasteiger partial charge in [0.05, 0.1) is 12.1 Å². The third-order valence-electron chi connectivity index (χ3n) is 1.94. The molecule has 0 saturated heterocycles. The molecule has 0 radical (unpaired) electrons. The lowest BCUT2D eigenvalue weighted by Gasteiger charge is -2.23. The molecule has 1 aromatic carbocycles. The van der Waals surface area contributed by atoms with Gasteiger partial charge in [-0.1, -0.05) is 0 Å². The Labute approximate surface area is 79.2 Å². The van der Waals surface area contributed by atoms with Crippen LogP contribution in [0.5, 0.6) is 0 Å². The maximum absolute atomic E-state index is 13.1. The van der Waals surface area contributed by atoms with Gasteiger partial charge in [-0.05, 0) is 19.1 Å². The highest BCUT2D eigenvalue weighted by molar-refractivity contribution is 5.28. The monoisotopic (exact) mass is 205 g/mol. The van der Waals surface area contributed by atoms with Crippen LogP contribution in [0, 0.1) is 17.5 Å². The number of hydrogen-bond acceptors (Lipinski definition) is 2. The van der Waals surface area contributed by atoms with Crippen LogP contribution >= 0.6 is 0 Å². The molecule has 0 bridgehead atoms. The second-order valence-corrected chi connectivity index (χ2v) is 3.29. The summed E-state index contributed by atoms with van der Waals surface area (Å²) in [5, 5.41) is 8.81. The predicted molar refractivity (Wildman–Crippen MR) is 44.9 cm³/mol. The molecule has 1 rings (SSSR count). The molecule has 0 fully saturated rings. The van der Waals surface area contributed by atoms with Gasteiger partial charge in [0.25, 0.3) is 0 Å². The highest BCUT2D eigenvalue weighted by Crippen LogP contribution is 2.25. The first-order valence-electron chi connectivity index (χ1n) is 3.94. The molecule has 0 unspecified atom stereocenters. The summed E-state index contributed by atoms with van der Waals surface area (Å²) >= 11 is 0. The van der Waals surface area contributed by atoms with E-state index in [-0.39, 0.29) is 0 Å². The lowest BCUT2D eigenvalue weighted by molar-refractivity contribution is 0.201. The van der Waals surface area contributed by atoms with Gasteiger partial charge in [0.2, 0.25) is 0 Å². The Kier molecular flexibility index (Phi) is 2.82. The largest absolute Gasteiger partial charge is 0.394 e. The van der Waals surface area contributed by atoms with Crippen LogP contribution in [-0.4, -0.2) is 11.7 Å². The average Bonchev–Trinajstić information content (AvgIpc) is 2.12. The molecule has 5 heteroatoms. The van der Waals surface area contributed by atoms with Crippen LogP contribution in [0.2, 0.25) is 0 Å². The zero-order valence-electron chi connectivity index (χ0n) is 7.52. The molecule has 1 aromatic rings. The van der Waals surface area contributed by atoms with E-state index >= 15 is 0 Å².